The van der Waals surface area contributed by atoms with E-state index in [0.29, 0.717) is 24.4 Å². The molecule has 2 aromatic rings. The third kappa shape index (κ3) is 2.73. The number of nitrogens with zero attached hydrogens (tertiary/aromatic N) is 4. The van der Waals surface area contributed by atoms with E-state index in [1.807, 2.05) is 13.8 Å². The Bertz CT molecular complexity index is 896. The molecular formula is C18H17F3N4O. The molecule has 0 N–H and O–H groups in total. The second-order valence-corrected chi connectivity index (χ2v) is 7.63. The van der Waals surface area contributed by atoms with Crippen molar-refractivity contribution < 1.29 is 18.0 Å². The number of benzene rings is 1. The van der Waals surface area contributed by atoms with E-state index >= 15 is 0 Å². The minimum atomic E-state index is -4.40. The van der Waals surface area contributed by atoms with Gasteiger partial charge in [0.05, 0.1) is 17.5 Å². The number of Topliss-reactive ketones (excluding diaryl/α,β-unsaturated/α-hetero) is 1. The molecule has 8 heteroatoms. The van der Waals surface area contributed by atoms with Gasteiger partial charge < -0.3 is 0 Å². The summed E-state index contributed by atoms with van der Waals surface area (Å²) >= 11 is 0. The van der Waals surface area contributed by atoms with Gasteiger partial charge in [0.2, 0.25) is 5.95 Å². The van der Waals surface area contributed by atoms with Crippen molar-refractivity contribution in [2.75, 3.05) is 0 Å². The van der Waals surface area contributed by atoms with Crippen LogP contribution in [0.4, 0.5) is 19.1 Å². The molecule has 0 saturated heterocycles. The third-order valence-corrected chi connectivity index (χ3v) is 4.97. The standard InChI is InChI=1S/C18H17F3N4O/c1-17(2)7-12-14(13(26)8-17)15(25-16(24-12)22-9-23-25)10-3-5-11(6-4-10)18(19,20)21/h3-6,9,14-15H,7-8H2,1-2H3/t14?,15-/m1/s1. The number of rotatable bonds is 1. The molecule has 1 aliphatic heterocycles. The number of halogens is 3. The number of ketones is 1. The molecular weight excluding hydrogens is 345 g/mol. The summed E-state index contributed by atoms with van der Waals surface area (Å²) in [5, 5.41) is 4.17. The lowest BCUT2D eigenvalue weighted by atomic mass is 9.67. The summed E-state index contributed by atoms with van der Waals surface area (Å²) in [4.78, 5) is 21.5. The summed E-state index contributed by atoms with van der Waals surface area (Å²) in [5.41, 5.74) is 0.409. The quantitative estimate of drug-likeness (QED) is 0.771. The molecule has 2 heterocycles. The first kappa shape index (κ1) is 16.9. The van der Waals surface area contributed by atoms with Gasteiger partial charge in [-0.15, -0.1) is 0 Å². The van der Waals surface area contributed by atoms with Gasteiger partial charge in [-0.25, -0.2) is 9.67 Å². The molecule has 4 rings (SSSR count). The SMILES string of the molecule is CC1(C)CC(=O)C2C(=Nc3ncnn3[C@@H]2c2ccc(C(F)(F)F)cc2)C1. The van der Waals surface area contributed by atoms with Gasteiger partial charge in [0.25, 0.3) is 0 Å². The van der Waals surface area contributed by atoms with Crippen LogP contribution >= 0.6 is 0 Å². The Hall–Kier alpha value is -2.51. The predicted molar refractivity (Wildman–Crippen MR) is 88.2 cm³/mol. The van der Waals surface area contributed by atoms with Gasteiger partial charge in [0, 0.05) is 12.1 Å². The Morgan fingerprint density at radius 3 is 2.50 bits per heavy atom. The summed E-state index contributed by atoms with van der Waals surface area (Å²) < 4.78 is 40.1. The number of aliphatic imine (C=N–C) groups is 1. The molecule has 1 fully saturated rings. The summed E-state index contributed by atoms with van der Waals surface area (Å²) in [6, 6.07) is 4.37. The average molecular weight is 362 g/mol. The average Bonchev–Trinajstić information content (AvgIpc) is 2.99. The van der Waals surface area contributed by atoms with Crippen LogP contribution in [0.15, 0.2) is 35.6 Å². The Balaban J connectivity index is 1.80. The molecule has 0 bridgehead atoms. The molecule has 0 spiro atoms. The van der Waals surface area contributed by atoms with E-state index in [0.717, 1.165) is 17.8 Å². The van der Waals surface area contributed by atoms with Crippen molar-refractivity contribution in [3.05, 3.63) is 41.7 Å². The van der Waals surface area contributed by atoms with E-state index in [4.69, 9.17) is 0 Å². The van der Waals surface area contributed by atoms with Crippen molar-refractivity contribution in [1.29, 1.82) is 0 Å². The first-order valence-corrected chi connectivity index (χ1v) is 8.33. The van der Waals surface area contributed by atoms with E-state index in [-0.39, 0.29) is 11.2 Å². The van der Waals surface area contributed by atoms with Crippen molar-refractivity contribution >= 4 is 17.4 Å². The van der Waals surface area contributed by atoms with E-state index < -0.39 is 23.7 Å². The van der Waals surface area contributed by atoms with E-state index in [1.165, 1.54) is 23.1 Å². The minimum absolute atomic E-state index is 0.0334. The monoisotopic (exact) mass is 362 g/mol. The Morgan fingerprint density at radius 2 is 1.85 bits per heavy atom. The largest absolute Gasteiger partial charge is 0.416 e. The number of alkyl halides is 3. The van der Waals surface area contributed by atoms with Gasteiger partial charge >= 0.3 is 6.18 Å². The highest BCUT2D eigenvalue weighted by Crippen LogP contribution is 2.44. The lowest BCUT2D eigenvalue weighted by Gasteiger charge is -2.40. The molecule has 1 aromatic heterocycles. The molecule has 5 nitrogen and oxygen atoms in total. The van der Waals surface area contributed by atoms with Gasteiger partial charge in [-0.3, -0.25) is 4.79 Å². The topological polar surface area (TPSA) is 60.1 Å². The molecule has 26 heavy (non-hydrogen) atoms. The Kier molecular flexibility index (Phi) is 3.58. The first-order valence-electron chi connectivity index (χ1n) is 8.33. The highest BCUT2D eigenvalue weighted by Gasteiger charge is 2.46. The lowest BCUT2D eigenvalue weighted by molar-refractivity contribution is -0.137. The fourth-order valence-corrected chi connectivity index (χ4v) is 3.89. The van der Waals surface area contributed by atoms with Gasteiger partial charge in [0.1, 0.15) is 12.1 Å². The van der Waals surface area contributed by atoms with Gasteiger partial charge in [-0.05, 0) is 29.5 Å². The van der Waals surface area contributed by atoms with Crippen LogP contribution in [-0.4, -0.2) is 26.3 Å². The molecule has 1 saturated carbocycles. The zero-order valence-corrected chi connectivity index (χ0v) is 14.3. The fourth-order valence-electron chi connectivity index (χ4n) is 3.89. The smallest absolute Gasteiger partial charge is 0.299 e. The summed E-state index contributed by atoms with van der Waals surface area (Å²) in [6.45, 7) is 4.02. The van der Waals surface area contributed by atoms with E-state index in [2.05, 4.69) is 15.1 Å². The molecule has 136 valence electrons. The maximum absolute atomic E-state index is 12.9. The molecule has 0 radical (unpaired) electrons. The second-order valence-electron chi connectivity index (χ2n) is 7.63. The number of fused-ring (bicyclic) bond motifs is 2. The number of hydrogen-bond acceptors (Lipinski definition) is 4. The third-order valence-electron chi connectivity index (χ3n) is 4.97. The van der Waals surface area contributed by atoms with Crippen LogP contribution in [0.2, 0.25) is 0 Å². The zero-order valence-electron chi connectivity index (χ0n) is 14.3. The fraction of sp³-hybridized carbons (Fsp3) is 0.444. The highest BCUT2D eigenvalue weighted by molar-refractivity contribution is 6.09. The maximum atomic E-state index is 12.9. The van der Waals surface area contributed by atoms with Gasteiger partial charge in [0.15, 0.2) is 0 Å². The summed E-state index contributed by atoms with van der Waals surface area (Å²) in [5.74, 6) is -0.105. The number of carbonyl (C=O) groups is 1. The van der Waals surface area contributed by atoms with Crippen molar-refractivity contribution in [2.45, 2.75) is 38.9 Å². The number of hydrogen-bond donors (Lipinski definition) is 0. The van der Waals surface area contributed by atoms with Crippen LogP contribution in [-0.2, 0) is 11.0 Å². The molecule has 0 amide bonds. The predicted octanol–water partition coefficient (Wildman–Crippen LogP) is 3.98. The Morgan fingerprint density at radius 1 is 1.15 bits per heavy atom. The minimum Gasteiger partial charge on any atom is -0.299 e. The molecule has 2 atom stereocenters. The number of carbonyl (C=O) groups excluding carboxylic acids is 1. The van der Waals surface area contributed by atoms with Crippen molar-refractivity contribution in [2.24, 2.45) is 16.3 Å². The lowest BCUT2D eigenvalue weighted by Crippen LogP contribution is -2.44. The Labute approximate surface area is 148 Å². The molecule has 1 aromatic carbocycles. The van der Waals surface area contributed by atoms with Crippen LogP contribution in [0.3, 0.4) is 0 Å². The van der Waals surface area contributed by atoms with E-state index in [9.17, 15) is 18.0 Å². The van der Waals surface area contributed by atoms with Crippen molar-refractivity contribution in [1.82, 2.24) is 14.8 Å². The second kappa shape index (κ2) is 5.49. The van der Waals surface area contributed by atoms with Crippen LogP contribution in [0.5, 0.6) is 0 Å². The maximum Gasteiger partial charge on any atom is 0.416 e. The van der Waals surface area contributed by atoms with Crippen LogP contribution in [0.25, 0.3) is 0 Å². The van der Waals surface area contributed by atoms with Gasteiger partial charge in [-0.2, -0.15) is 23.3 Å². The van der Waals surface area contributed by atoms with E-state index in [1.54, 1.807) is 0 Å². The normalized spacial score (nSPS) is 24.7. The van der Waals surface area contributed by atoms with Crippen molar-refractivity contribution in [3.63, 3.8) is 0 Å². The highest BCUT2D eigenvalue weighted by atomic mass is 19.4. The van der Waals surface area contributed by atoms with Crippen LogP contribution in [0, 0.1) is 11.3 Å². The molecule has 2 aliphatic rings. The van der Waals surface area contributed by atoms with Gasteiger partial charge in [-0.1, -0.05) is 26.0 Å². The summed E-state index contributed by atoms with van der Waals surface area (Å²) in [6.07, 6.45) is -2.00. The van der Waals surface area contributed by atoms with Crippen molar-refractivity contribution in [3.8, 4) is 0 Å². The summed E-state index contributed by atoms with van der Waals surface area (Å²) in [7, 11) is 0. The zero-order chi connectivity index (χ0) is 18.7. The number of aromatic nitrogens is 3. The molecule has 1 aliphatic carbocycles. The van der Waals surface area contributed by atoms with Crippen LogP contribution in [0.1, 0.15) is 43.9 Å². The first-order chi connectivity index (χ1) is 12.2. The van der Waals surface area contributed by atoms with Crippen LogP contribution < -0.4 is 0 Å². The molecule has 1 unspecified atom stereocenters.